The Kier molecular flexibility index (Phi) is 14.7. The van der Waals surface area contributed by atoms with Crippen molar-refractivity contribution in [1.29, 1.82) is 0 Å². The second-order valence-corrected chi connectivity index (χ2v) is 12.0. The highest BCUT2D eigenvalue weighted by Gasteiger charge is 2.16. The number of methoxy groups -OCH3 is 4. The number of hydrogen-bond acceptors (Lipinski definition) is 11. The van der Waals surface area contributed by atoms with Gasteiger partial charge in [-0.15, -0.1) is 0 Å². The molecule has 12 nitrogen and oxygen atoms in total. The zero-order valence-electron chi connectivity index (χ0n) is 29.8. The summed E-state index contributed by atoms with van der Waals surface area (Å²) in [5.41, 5.74) is 5.07. The molecule has 0 saturated carbocycles. The van der Waals surface area contributed by atoms with Crippen LogP contribution in [0.4, 0.5) is 0 Å². The summed E-state index contributed by atoms with van der Waals surface area (Å²) < 4.78 is 44.7. The largest absolute Gasteiger partial charge is 0.493 e. The molecule has 0 aliphatic heterocycles. The van der Waals surface area contributed by atoms with E-state index in [2.05, 4.69) is 32.6 Å². The van der Waals surface area contributed by atoms with E-state index in [9.17, 15) is 9.90 Å². The summed E-state index contributed by atoms with van der Waals surface area (Å²) in [4.78, 5) is 20.4. The van der Waals surface area contributed by atoms with Crippen LogP contribution in [-0.2, 0) is 27.1 Å². The van der Waals surface area contributed by atoms with Crippen LogP contribution in [0.15, 0.2) is 63.4 Å². The molecule has 0 unspecified atom stereocenters. The summed E-state index contributed by atoms with van der Waals surface area (Å²) in [6, 6.07) is 16.5. The van der Waals surface area contributed by atoms with E-state index in [0.717, 1.165) is 38.3 Å². The minimum absolute atomic E-state index is 0.250. The smallest absolute Gasteiger partial charge is 0.336 e. The number of alkyl halides is 1. The molecule has 0 aliphatic carbocycles. The molecule has 1 N–H and O–H groups in total. The maximum absolute atomic E-state index is 11.4. The maximum atomic E-state index is 11.4. The van der Waals surface area contributed by atoms with Gasteiger partial charge in [0, 0.05) is 28.8 Å². The summed E-state index contributed by atoms with van der Waals surface area (Å²) in [5.74, 6) is 4.31. The Labute approximate surface area is 311 Å². The molecule has 0 amide bonds. The second-order valence-electron chi connectivity index (χ2n) is 11.2. The second kappa shape index (κ2) is 19.1. The number of benzene rings is 3. The lowest BCUT2D eigenvalue weighted by Crippen LogP contribution is -2.08. The van der Waals surface area contributed by atoms with Crippen molar-refractivity contribution in [2.45, 2.75) is 44.8 Å². The van der Waals surface area contributed by atoms with Gasteiger partial charge in [-0.3, -0.25) is 0 Å². The van der Waals surface area contributed by atoms with Gasteiger partial charge in [0.05, 0.1) is 52.9 Å². The highest BCUT2D eigenvalue weighted by Crippen LogP contribution is 2.34. The summed E-state index contributed by atoms with van der Waals surface area (Å²) in [6.07, 6.45) is 0.674. The molecule has 0 radical (unpaired) electrons. The third-order valence-electron chi connectivity index (χ3n) is 7.82. The van der Waals surface area contributed by atoms with Gasteiger partial charge in [-0.05, 0) is 74.7 Å². The van der Waals surface area contributed by atoms with Gasteiger partial charge in [-0.25, -0.2) is 14.8 Å². The molecular formula is C38H43IN2O10. The quantitative estimate of drug-likeness (QED) is 0.0580. The molecule has 0 bridgehead atoms. The number of ether oxygens (including phenoxy) is 6. The fraction of sp³-hybridized carbons (Fsp3) is 0.342. The predicted molar refractivity (Wildman–Crippen MR) is 199 cm³/mol. The fourth-order valence-corrected chi connectivity index (χ4v) is 5.78. The number of nitrogens with zero attached hydrogens (tertiary/aromatic N) is 2. The Morgan fingerprint density at radius 3 is 1.71 bits per heavy atom. The van der Waals surface area contributed by atoms with Gasteiger partial charge in [-0.1, -0.05) is 40.8 Å². The van der Waals surface area contributed by atoms with Crippen LogP contribution >= 0.6 is 22.6 Å². The van der Waals surface area contributed by atoms with E-state index in [1.807, 2.05) is 50.2 Å². The van der Waals surface area contributed by atoms with Crippen LogP contribution in [0, 0.1) is 20.8 Å². The van der Waals surface area contributed by atoms with E-state index < -0.39 is 5.97 Å². The number of oxazole rings is 2. The zero-order valence-corrected chi connectivity index (χ0v) is 32.0. The van der Waals surface area contributed by atoms with Gasteiger partial charge < -0.3 is 42.4 Å². The number of aryl methyl sites for hydroxylation is 3. The topological polar surface area (TPSA) is 145 Å². The van der Waals surface area contributed by atoms with E-state index in [-0.39, 0.29) is 6.61 Å². The van der Waals surface area contributed by atoms with Crippen LogP contribution in [0.3, 0.4) is 0 Å². The number of aromatic nitrogens is 2. The Balaban J connectivity index is 0.000000272. The predicted octanol–water partition coefficient (Wildman–Crippen LogP) is 8.40. The summed E-state index contributed by atoms with van der Waals surface area (Å²) in [7, 11) is 6.39. The van der Waals surface area contributed by atoms with Crippen LogP contribution in [0.25, 0.3) is 22.9 Å². The van der Waals surface area contributed by atoms with Gasteiger partial charge in [0.15, 0.2) is 23.0 Å². The van der Waals surface area contributed by atoms with Crippen LogP contribution in [-0.4, -0.2) is 62.7 Å². The van der Waals surface area contributed by atoms with Crippen LogP contribution in [0.1, 0.15) is 50.8 Å². The molecule has 13 heteroatoms. The molecule has 0 spiro atoms. The normalized spacial score (nSPS) is 10.7. The Hall–Kier alpha value is -4.60. The molecule has 0 saturated heterocycles. The molecule has 2 aromatic heterocycles. The lowest BCUT2D eigenvalue weighted by Gasteiger charge is -2.09. The van der Waals surface area contributed by atoms with Crippen molar-refractivity contribution < 1.29 is 47.2 Å². The molecule has 51 heavy (non-hydrogen) atoms. The van der Waals surface area contributed by atoms with Crippen molar-refractivity contribution in [3.8, 4) is 45.9 Å². The van der Waals surface area contributed by atoms with Gasteiger partial charge >= 0.3 is 5.97 Å². The number of rotatable bonds is 16. The van der Waals surface area contributed by atoms with Gasteiger partial charge in [0.1, 0.15) is 17.2 Å². The first-order chi connectivity index (χ1) is 24.6. The van der Waals surface area contributed by atoms with Crippen LogP contribution in [0.5, 0.6) is 23.0 Å². The van der Waals surface area contributed by atoms with Gasteiger partial charge in [-0.2, -0.15) is 0 Å². The SMILES string of the molecule is COc1ccc(-c2nc(CI)c(C)o2)cc1OC.COc1ccc(-c2nc(COCCCOCc3cccc(C)c3C(=O)O)c(C)o2)cc1OC. The number of halogens is 1. The van der Waals surface area contributed by atoms with Crippen molar-refractivity contribution in [3.05, 3.63) is 94.2 Å². The third kappa shape index (κ3) is 10.2. The van der Waals surface area contributed by atoms with Crippen LogP contribution in [0.2, 0.25) is 0 Å². The number of carbonyl (C=O) groups is 1. The van der Waals surface area contributed by atoms with Crippen molar-refractivity contribution in [3.63, 3.8) is 0 Å². The fourth-order valence-electron chi connectivity index (χ4n) is 5.07. The number of hydrogen-bond donors (Lipinski definition) is 1. The summed E-state index contributed by atoms with van der Waals surface area (Å²) in [6.45, 7) is 7.07. The molecule has 0 atom stereocenters. The van der Waals surface area contributed by atoms with Crippen molar-refractivity contribution in [2.24, 2.45) is 0 Å². The first kappa shape index (κ1) is 39.2. The van der Waals surface area contributed by atoms with Gasteiger partial charge in [0.2, 0.25) is 11.8 Å². The van der Waals surface area contributed by atoms with E-state index in [4.69, 9.17) is 37.3 Å². The van der Waals surface area contributed by atoms with E-state index in [1.165, 1.54) is 0 Å². The van der Waals surface area contributed by atoms with Crippen molar-refractivity contribution in [2.75, 3.05) is 41.7 Å². The first-order valence-electron chi connectivity index (χ1n) is 16.0. The van der Waals surface area contributed by atoms with Crippen LogP contribution < -0.4 is 18.9 Å². The average molecular weight is 815 g/mol. The highest BCUT2D eigenvalue weighted by molar-refractivity contribution is 14.1. The lowest BCUT2D eigenvalue weighted by molar-refractivity contribution is 0.0639. The van der Waals surface area contributed by atoms with E-state index >= 15 is 0 Å². The molecule has 3 aromatic carbocycles. The number of aromatic carboxylic acids is 1. The maximum Gasteiger partial charge on any atom is 0.336 e. The highest BCUT2D eigenvalue weighted by atomic mass is 127. The molecule has 5 rings (SSSR count). The molecule has 5 aromatic rings. The minimum atomic E-state index is -0.939. The van der Waals surface area contributed by atoms with E-state index in [0.29, 0.717) is 77.9 Å². The Morgan fingerprint density at radius 2 is 1.22 bits per heavy atom. The lowest BCUT2D eigenvalue weighted by atomic mass is 10.0. The van der Waals surface area contributed by atoms with Crippen molar-refractivity contribution >= 4 is 28.6 Å². The monoisotopic (exact) mass is 814 g/mol. The summed E-state index contributed by atoms with van der Waals surface area (Å²) in [5, 5.41) is 9.37. The molecule has 0 fully saturated rings. The molecule has 0 aliphatic rings. The molecular weight excluding hydrogens is 771 g/mol. The third-order valence-corrected chi connectivity index (χ3v) is 8.54. The van der Waals surface area contributed by atoms with Crippen molar-refractivity contribution in [1.82, 2.24) is 9.97 Å². The minimum Gasteiger partial charge on any atom is -0.493 e. The number of carboxylic acids is 1. The molecule has 272 valence electrons. The first-order valence-corrected chi connectivity index (χ1v) is 17.6. The van der Waals surface area contributed by atoms with E-state index in [1.54, 1.807) is 53.6 Å². The Morgan fingerprint density at radius 1 is 0.706 bits per heavy atom. The average Bonchev–Trinajstić information content (AvgIpc) is 3.71. The van der Waals surface area contributed by atoms with Gasteiger partial charge in [0.25, 0.3) is 0 Å². The Bertz CT molecular complexity index is 1900. The zero-order chi connectivity index (χ0) is 36.9. The molecule has 2 heterocycles. The summed E-state index contributed by atoms with van der Waals surface area (Å²) >= 11 is 2.27. The number of carboxylic acid groups (broad SMARTS) is 1. The standard InChI is InChI=1S/C25H29NO7.C13H14INO3/c1-16-7-5-8-19(23(16)25(27)28)14-31-11-6-12-32-15-20-17(2)33-24(26-20)18-9-10-21(29-3)22(13-18)30-4;1-8-10(7-14)15-13(18-8)9-4-5-11(16-2)12(6-9)17-3/h5,7-10,13H,6,11-12,14-15H2,1-4H3,(H,27,28);4-6H,7H2,1-3H3.